The highest BCUT2D eigenvalue weighted by Crippen LogP contribution is 2.31. The lowest BCUT2D eigenvalue weighted by atomic mass is 9.91. The Bertz CT molecular complexity index is 447. The lowest BCUT2D eigenvalue weighted by molar-refractivity contribution is 0.152. The van der Waals surface area contributed by atoms with Gasteiger partial charge < -0.3 is 5.32 Å². The van der Waals surface area contributed by atoms with Crippen molar-refractivity contribution in [1.82, 2.24) is 15.2 Å². The molecule has 0 saturated carbocycles. The van der Waals surface area contributed by atoms with Crippen molar-refractivity contribution < 1.29 is 0 Å². The smallest absolute Gasteiger partial charge is 0.107 e. The zero-order chi connectivity index (χ0) is 15.5. The van der Waals surface area contributed by atoms with Gasteiger partial charge in [-0.2, -0.15) is 0 Å². The van der Waals surface area contributed by atoms with Gasteiger partial charge in [0, 0.05) is 22.9 Å². The molecule has 0 amide bonds. The van der Waals surface area contributed by atoms with Gasteiger partial charge >= 0.3 is 0 Å². The normalized spacial score (nSPS) is 20.9. The Morgan fingerprint density at radius 3 is 2.71 bits per heavy atom. The lowest BCUT2D eigenvalue weighted by Gasteiger charge is -2.32. The summed E-state index contributed by atoms with van der Waals surface area (Å²) < 4.78 is 0. The lowest BCUT2D eigenvalue weighted by Crippen LogP contribution is -2.36. The number of thiazole rings is 1. The summed E-state index contributed by atoms with van der Waals surface area (Å²) in [4.78, 5) is 9.02. The average Bonchev–Trinajstić information content (AvgIpc) is 2.82. The molecule has 0 spiro atoms. The van der Waals surface area contributed by atoms with E-state index in [0.29, 0.717) is 6.04 Å². The van der Waals surface area contributed by atoms with Crippen molar-refractivity contribution in [3.8, 4) is 0 Å². The van der Waals surface area contributed by atoms with Crippen LogP contribution >= 0.6 is 11.3 Å². The van der Waals surface area contributed by atoms with E-state index in [-0.39, 0.29) is 5.41 Å². The average molecular weight is 310 g/mol. The Hall–Kier alpha value is -0.450. The molecule has 1 atom stereocenters. The second-order valence-electron chi connectivity index (χ2n) is 7.22. The Kier molecular flexibility index (Phi) is 5.81. The summed E-state index contributed by atoms with van der Waals surface area (Å²) in [6.45, 7) is 15.6. The van der Waals surface area contributed by atoms with Gasteiger partial charge in [0.1, 0.15) is 5.01 Å². The Labute approximate surface area is 134 Å². The van der Waals surface area contributed by atoms with Gasteiger partial charge in [-0.3, -0.25) is 4.90 Å². The molecular weight excluding hydrogens is 278 g/mol. The first-order valence-corrected chi connectivity index (χ1v) is 9.17. The molecular formula is C17H31N3S. The minimum absolute atomic E-state index is 0.132. The zero-order valence-electron chi connectivity index (χ0n) is 14.3. The van der Waals surface area contributed by atoms with E-state index in [0.717, 1.165) is 19.6 Å². The molecule has 0 bridgehead atoms. The number of aromatic nitrogens is 1. The van der Waals surface area contributed by atoms with E-state index in [2.05, 4.69) is 44.8 Å². The van der Waals surface area contributed by atoms with Crippen molar-refractivity contribution in [1.29, 1.82) is 0 Å². The van der Waals surface area contributed by atoms with Crippen LogP contribution in [0.3, 0.4) is 0 Å². The predicted octanol–water partition coefficient (Wildman–Crippen LogP) is 3.92. The Morgan fingerprint density at radius 2 is 2.10 bits per heavy atom. The summed E-state index contributed by atoms with van der Waals surface area (Å²) in [5.41, 5.74) is 1.42. The largest absolute Gasteiger partial charge is 0.312 e. The molecule has 0 aliphatic carbocycles. The van der Waals surface area contributed by atoms with E-state index < -0.39 is 0 Å². The fourth-order valence-corrected chi connectivity index (χ4v) is 4.25. The molecule has 1 saturated heterocycles. The van der Waals surface area contributed by atoms with E-state index in [1.54, 1.807) is 0 Å². The fourth-order valence-electron chi connectivity index (χ4n) is 2.98. The molecule has 1 aliphatic rings. The van der Waals surface area contributed by atoms with Gasteiger partial charge in [0.05, 0.1) is 12.2 Å². The number of likely N-dealkylation sites (tertiary alicyclic amines) is 1. The van der Waals surface area contributed by atoms with Gasteiger partial charge in [-0.1, -0.05) is 34.1 Å². The highest BCUT2D eigenvalue weighted by Gasteiger charge is 2.25. The molecule has 21 heavy (non-hydrogen) atoms. The summed E-state index contributed by atoms with van der Waals surface area (Å²) in [5.74, 6) is 0. The maximum atomic E-state index is 5.00. The van der Waals surface area contributed by atoms with Crippen molar-refractivity contribution in [3.63, 3.8) is 0 Å². The quantitative estimate of drug-likeness (QED) is 0.893. The summed E-state index contributed by atoms with van der Waals surface area (Å²) >= 11 is 1.91. The van der Waals surface area contributed by atoms with Crippen LogP contribution in [-0.4, -0.2) is 29.0 Å². The third-order valence-corrected chi connectivity index (χ3v) is 5.31. The van der Waals surface area contributed by atoms with E-state index in [9.17, 15) is 0 Å². The Balaban J connectivity index is 2.14. The van der Waals surface area contributed by atoms with Crippen LogP contribution < -0.4 is 5.32 Å². The van der Waals surface area contributed by atoms with Crippen LogP contribution in [0.15, 0.2) is 0 Å². The van der Waals surface area contributed by atoms with E-state index in [4.69, 9.17) is 4.98 Å². The number of rotatable bonds is 5. The van der Waals surface area contributed by atoms with E-state index in [1.165, 1.54) is 41.4 Å². The molecule has 3 nitrogen and oxygen atoms in total. The number of hydrogen-bond acceptors (Lipinski definition) is 4. The van der Waals surface area contributed by atoms with Crippen molar-refractivity contribution in [2.45, 2.75) is 78.4 Å². The third kappa shape index (κ3) is 4.51. The van der Waals surface area contributed by atoms with Crippen LogP contribution in [-0.2, 0) is 18.5 Å². The number of hydrogen-bond donors (Lipinski definition) is 1. The highest BCUT2D eigenvalue weighted by atomic mass is 32.1. The molecule has 1 aromatic rings. The van der Waals surface area contributed by atoms with Crippen molar-refractivity contribution in [2.24, 2.45) is 0 Å². The molecule has 2 heterocycles. The van der Waals surface area contributed by atoms with Crippen LogP contribution in [0.5, 0.6) is 0 Å². The second-order valence-corrected chi connectivity index (χ2v) is 8.39. The van der Waals surface area contributed by atoms with Crippen LogP contribution in [0.4, 0.5) is 0 Å². The van der Waals surface area contributed by atoms with Crippen molar-refractivity contribution in [2.75, 3.05) is 13.1 Å². The maximum absolute atomic E-state index is 5.00. The topological polar surface area (TPSA) is 28.2 Å². The third-order valence-electron chi connectivity index (χ3n) is 4.27. The molecule has 1 fully saturated rings. The van der Waals surface area contributed by atoms with E-state index >= 15 is 0 Å². The SMILES string of the molecule is CCNCc1sc(CN2CCCCC2C)nc1C(C)(C)C. The van der Waals surface area contributed by atoms with Gasteiger partial charge in [0.2, 0.25) is 0 Å². The van der Waals surface area contributed by atoms with Crippen LogP contribution in [0, 0.1) is 0 Å². The first kappa shape index (κ1) is 16.9. The molecule has 1 aromatic heterocycles. The minimum Gasteiger partial charge on any atom is -0.312 e. The van der Waals surface area contributed by atoms with Gasteiger partial charge in [-0.05, 0) is 32.9 Å². The minimum atomic E-state index is 0.132. The van der Waals surface area contributed by atoms with Gasteiger partial charge in [-0.25, -0.2) is 4.98 Å². The molecule has 4 heteroatoms. The monoisotopic (exact) mass is 309 g/mol. The van der Waals surface area contributed by atoms with Crippen molar-refractivity contribution >= 4 is 11.3 Å². The van der Waals surface area contributed by atoms with Gasteiger partial charge in [-0.15, -0.1) is 11.3 Å². The molecule has 0 radical (unpaired) electrons. The van der Waals surface area contributed by atoms with Gasteiger partial charge in [0.25, 0.3) is 0 Å². The summed E-state index contributed by atoms with van der Waals surface area (Å²) in [5, 5.41) is 4.75. The summed E-state index contributed by atoms with van der Waals surface area (Å²) in [7, 11) is 0. The first-order chi connectivity index (χ1) is 9.91. The van der Waals surface area contributed by atoms with Crippen molar-refractivity contribution in [3.05, 3.63) is 15.6 Å². The number of piperidine rings is 1. The molecule has 1 unspecified atom stereocenters. The van der Waals surface area contributed by atoms with Gasteiger partial charge in [0.15, 0.2) is 0 Å². The van der Waals surface area contributed by atoms with Crippen LogP contribution in [0.25, 0.3) is 0 Å². The second kappa shape index (κ2) is 7.21. The standard InChI is InChI=1S/C17H31N3S/c1-6-18-11-14-16(17(3,4)5)19-15(21-14)12-20-10-8-7-9-13(20)2/h13,18H,6-12H2,1-5H3. The molecule has 120 valence electrons. The van der Waals surface area contributed by atoms with Crippen LogP contribution in [0.1, 0.15) is 69.5 Å². The number of nitrogens with one attached hydrogen (secondary N) is 1. The number of nitrogens with zero attached hydrogens (tertiary/aromatic N) is 2. The maximum Gasteiger partial charge on any atom is 0.107 e. The molecule has 1 aliphatic heterocycles. The summed E-state index contributed by atoms with van der Waals surface area (Å²) in [6, 6.07) is 0.706. The first-order valence-electron chi connectivity index (χ1n) is 8.35. The molecule has 2 rings (SSSR count). The molecule has 0 aromatic carbocycles. The fraction of sp³-hybridized carbons (Fsp3) is 0.824. The predicted molar refractivity (Wildman–Crippen MR) is 91.9 cm³/mol. The highest BCUT2D eigenvalue weighted by molar-refractivity contribution is 7.11. The zero-order valence-corrected chi connectivity index (χ0v) is 15.1. The summed E-state index contributed by atoms with van der Waals surface area (Å²) in [6.07, 6.45) is 4.06. The van der Waals surface area contributed by atoms with Crippen LogP contribution in [0.2, 0.25) is 0 Å². The molecule has 1 N–H and O–H groups in total. The van der Waals surface area contributed by atoms with E-state index in [1.807, 2.05) is 11.3 Å². The Morgan fingerprint density at radius 1 is 1.33 bits per heavy atom.